The van der Waals surface area contributed by atoms with Crippen molar-refractivity contribution in [2.24, 2.45) is 5.73 Å². The molecular weight excluding hydrogens is 310 g/mol. The van der Waals surface area contributed by atoms with E-state index in [1.165, 1.54) is 15.9 Å². The molecule has 2 aromatic rings. The van der Waals surface area contributed by atoms with Crippen LogP contribution >= 0.6 is 0 Å². The predicted octanol–water partition coefficient (Wildman–Crippen LogP) is 3.47. The lowest BCUT2D eigenvalue weighted by atomic mass is 10.2. The maximum atomic E-state index is 6.80. The molecule has 2 aromatic carbocycles. The van der Waals surface area contributed by atoms with Crippen molar-refractivity contribution in [3.8, 4) is 0 Å². The number of hydrogen-bond donors (Lipinski definition) is 1. The van der Waals surface area contributed by atoms with Gasteiger partial charge in [-0.15, -0.1) is 0 Å². The van der Waals surface area contributed by atoms with Gasteiger partial charge in [-0.05, 0) is 22.3 Å². The van der Waals surface area contributed by atoms with Gasteiger partial charge in [-0.3, -0.25) is 0 Å². The first-order valence-electron chi connectivity index (χ1n) is 8.52. The molecule has 0 aliphatic heterocycles. The number of benzene rings is 2. The highest BCUT2D eigenvalue weighted by molar-refractivity contribution is 6.99. The second kappa shape index (κ2) is 7.93. The van der Waals surface area contributed by atoms with Gasteiger partial charge in [0.1, 0.15) is 0 Å². The fraction of sp³-hybridized carbons (Fsp3) is 0.333. The Labute approximate surface area is 147 Å². The average molecular weight is 340 g/mol. The maximum absolute atomic E-state index is 6.80. The third-order valence-electron chi connectivity index (χ3n) is 4.40. The summed E-state index contributed by atoms with van der Waals surface area (Å²) in [7, 11) is -2.42. The first kappa shape index (κ1) is 18.7. The van der Waals surface area contributed by atoms with Crippen molar-refractivity contribution in [2.45, 2.75) is 32.7 Å². The molecule has 0 heterocycles. The van der Waals surface area contributed by atoms with Crippen molar-refractivity contribution < 1.29 is 4.43 Å². The van der Waals surface area contributed by atoms with Gasteiger partial charge < -0.3 is 10.2 Å². The van der Waals surface area contributed by atoms with Crippen molar-refractivity contribution in [3.05, 3.63) is 72.3 Å². The van der Waals surface area contributed by atoms with Gasteiger partial charge in [0, 0.05) is 6.54 Å². The fourth-order valence-electron chi connectivity index (χ4n) is 3.24. The van der Waals surface area contributed by atoms with Crippen molar-refractivity contribution in [1.29, 1.82) is 0 Å². The standard InChI is InChI=1S/C21H29NOSi/c1-18(15-16-22)17-23-24(21(2,3)4,19-11-7-5-8-12-19)20-13-9-6-10-14-20/h5-15H,16-17,22H2,1-4H3/b18-15+. The summed E-state index contributed by atoms with van der Waals surface area (Å²) in [4.78, 5) is 0. The second-order valence-corrected chi connectivity index (χ2v) is 11.5. The van der Waals surface area contributed by atoms with Gasteiger partial charge in [-0.1, -0.05) is 93.1 Å². The Bertz CT molecular complexity index is 620. The van der Waals surface area contributed by atoms with Crippen molar-refractivity contribution in [3.63, 3.8) is 0 Å². The SMILES string of the molecule is C/C(=C\CN)CO[Si](c1ccccc1)(c1ccccc1)C(C)(C)C. The lowest BCUT2D eigenvalue weighted by Crippen LogP contribution is -2.66. The molecule has 24 heavy (non-hydrogen) atoms. The molecule has 0 unspecified atom stereocenters. The first-order valence-corrected chi connectivity index (χ1v) is 10.4. The molecule has 0 aliphatic rings. The van der Waals surface area contributed by atoms with Crippen LogP contribution in [0.5, 0.6) is 0 Å². The van der Waals surface area contributed by atoms with E-state index in [1.807, 2.05) is 6.08 Å². The molecule has 0 saturated heterocycles. The van der Waals surface area contributed by atoms with Crippen LogP contribution in [0.4, 0.5) is 0 Å². The van der Waals surface area contributed by atoms with Gasteiger partial charge in [0.15, 0.2) is 0 Å². The summed E-state index contributed by atoms with van der Waals surface area (Å²) >= 11 is 0. The summed E-state index contributed by atoms with van der Waals surface area (Å²) in [5, 5.41) is 2.63. The van der Waals surface area contributed by atoms with E-state index in [0.717, 1.165) is 0 Å². The van der Waals surface area contributed by atoms with Crippen molar-refractivity contribution in [1.82, 2.24) is 0 Å². The largest absolute Gasteiger partial charge is 0.403 e. The lowest BCUT2D eigenvalue weighted by Gasteiger charge is -2.43. The number of rotatable bonds is 6. The summed E-state index contributed by atoms with van der Waals surface area (Å²) in [6, 6.07) is 21.4. The Balaban J connectivity index is 2.59. The normalized spacial score (nSPS) is 13.1. The lowest BCUT2D eigenvalue weighted by molar-refractivity contribution is 0.329. The molecule has 0 atom stereocenters. The van der Waals surface area contributed by atoms with E-state index >= 15 is 0 Å². The molecule has 0 spiro atoms. The van der Waals surface area contributed by atoms with Gasteiger partial charge >= 0.3 is 0 Å². The summed E-state index contributed by atoms with van der Waals surface area (Å²) in [5.41, 5.74) is 6.84. The van der Waals surface area contributed by atoms with E-state index in [-0.39, 0.29) is 5.04 Å². The van der Waals surface area contributed by atoms with E-state index in [0.29, 0.717) is 13.2 Å². The Morgan fingerprint density at radius 2 is 1.42 bits per heavy atom. The third-order valence-corrected chi connectivity index (χ3v) is 9.38. The maximum Gasteiger partial charge on any atom is 0.261 e. The van der Waals surface area contributed by atoms with Crippen LogP contribution < -0.4 is 16.1 Å². The molecule has 0 saturated carbocycles. The zero-order valence-corrected chi connectivity index (χ0v) is 16.3. The third kappa shape index (κ3) is 3.86. The Morgan fingerprint density at radius 3 is 1.79 bits per heavy atom. The molecule has 0 bridgehead atoms. The smallest absolute Gasteiger partial charge is 0.261 e. The van der Waals surface area contributed by atoms with E-state index in [4.69, 9.17) is 10.2 Å². The van der Waals surface area contributed by atoms with Crippen LogP contribution in [0.3, 0.4) is 0 Å². The molecule has 128 valence electrons. The van der Waals surface area contributed by atoms with Gasteiger partial charge in [0.25, 0.3) is 8.32 Å². The van der Waals surface area contributed by atoms with Gasteiger partial charge in [-0.25, -0.2) is 0 Å². The first-order chi connectivity index (χ1) is 11.4. The average Bonchev–Trinajstić information content (AvgIpc) is 2.56. The predicted molar refractivity (Wildman–Crippen MR) is 106 cm³/mol. The van der Waals surface area contributed by atoms with Gasteiger partial charge in [0.05, 0.1) is 6.61 Å². The molecule has 0 aromatic heterocycles. The van der Waals surface area contributed by atoms with Crippen molar-refractivity contribution >= 4 is 18.7 Å². The Morgan fingerprint density at radius 1 is 0.958 bits per heavy atom. The van der Waals surface area contributed by atoms with Crippen LogP contribution in [0.15, 0.2) is 72.3 Å². The topological polar surface area (TPSA) is 35.2 Å². The summed E-state index contributed by atoms with van der Waals surface area (Å²) in [6.07, 6.45) is 2.04. The van der Waals surface area contributed by atoms with E-state index < -0.39 is 8.32 Å². The van der Waals surface area contributed by atoms with E-state index in [1.54, 1.807) is 0 Å². The van der Waals surface area contributed by atoms with Crippen LogP contribution in [0.25, 0.3) is 0 Å². The zero-order chi connectivity index (χ0) is 17.6. The van der Waals surface area contributed by atoms with E-state index in [2.05, 4.69) is 88.4 Å². The minimum Gasteiger partial charge on any atom is -0.403 e. The van der Waals surface area contributed by atoms with Crippen molar-refractivity contribution in [2.75, 3.05) is 13.2 Å². The summed E-state index contributed by atoms with van der Waals surface area (Å²) in [6.45, 7) is 10.1. The van der Waals surface area contributed by atoms with Crippen LogP contribution in [-0.4, -0.2) is 21.5 Å². The minimum atomic E-state index is -2.42. The summed E-state index contributed by atoms with van der Waals surface area (Å²) < 4.78 is 6.80. The van der Waals surface area contributed by atoms with Crippen LogP contribution in [0.2, 0.25) is 5.04 Å². The fourth-order valence-corrected chi connectivity index (χ4v) is 7.84. The highest BCUT2D eigenvalue weighted by Gasteiger charge is 2.50. The molecule has 2 rings (SSSR count). The van der Waals surface area contributed by atoms with Gasteiger partial charge in [-0.2, -0.15) is 0 Å². The zero-order valence-electron chi connectivity index (χ0n) is 15.3. The number of nitrogens with two attached hydrogens (primary N) is 1. The molecule has 0 aliphatic carbocycles. The van der Waals surface area contributed by atoms with Gasteiger partial charge in [0.2, 0.25) is 0 Å². The minimum absolute atomic E-state index is 0.0126. The molecule has 0 radical (unpaired) electrons. The van der Waals surface area contributed by atoms with Crippen LogP contribution in [0.1, 0.15) is 27.7 Å². The molecule has 2 nitrogen and oxygen atoms in total. The molecule has 0 amide bonds. The molecular formula is C21H29NOSi. The quantitative estimate of drug-likeness (QED) is 0.646. The molecule has 0 fully saturated rings. The Hall–Kier alpha value is -1.68. The van der Waals surface area contributed by atoms with Crippen LogP contribution in [0, 0.1) is 0 Å². The number of hydrogen-bond acceptors (Lipinski definition) is 2. The Kier molecular flexibility index (Phi) is 6.16. The van der Waals surface area contributed by atoms with Crippen LogP contribution in [-0.2, 0) is 4.43 Å². The molecule has 2 N–H and O–H groups in total. The highest BCUT2D eigenvalue weighted by Crippen LogP contribution is 2.36. The second-order valence-electron chi connectivity index (χ2n) is 7.24. The monoisotopic (exact) mass is 339 g/mol. The highest BCUT2D eigenvalue weighted by atomic mass is 28.4. The van der Waals surface area contributed by atoms with E-state index in [9.17, 15) is 0 Å². The molecule has 3 heteroatoms. The summed E-state index contributed by atoms with van der Waals surface area (Å²) in [5.74, 6) is 0.